The second-order valence-electron chi connectivity index (χ2n) is 6.87. The number of hydrogen-bond acceptors (Lipinski definition) is 3. The molecule has 2 aliphatic carbocycles. The minimum Gasteiger partial charge on any atom is -0.271 e. The fraction of sp³-hybridized carbons (Fsp3) is 0.800. The second kappa shape index (κ2) is 5.09. The molecule has 0 spiro atoms. The summed E-state index contributed by atoms with van der Waals surface area (Å²) in [6, 6.07) is 0.00399. The van der Waals surface area contributed by atoms with Crippen LogP contribution in [0.4, 0.5) is 0 Å². The van der Waals surface area contributed by atoms with Crippen molar-refractivity contribution >= 4 is 10.0 Å². The number of rotatable bonds is 4. The Kier molecular flexibility index (Phi) is 3.64. The van der Waals surface area contributed by atoms with Crippen molar-refractivity contribution in [2.24, 2.45) is 24.8 Å². The number of fused-ring (bicyclic) bond motifs is 2. The van der Waals surface area contributed by atoms with Crippen LogP contribution in [0.15, 0.2) is 4.90 Å². The quantitative estimate of drug-likeness (QED) is 0.926. The number of nitrogens with zero attached hydrogens (tertiary/aromatic N) is 2. The molecular weight excluding hydrogens is 286 g/mol. The summed E-state index contributed by atoms with van der Waals surface area (Å²) in [6.45, 7) is 5.57. The van der Waals surface area contributed by atoms with Gasteiger partial charge in [-0.2, -0.15) is 5.10 Å². The van der Waals surface area contributed by atoms with Crippen LogP contribution in [0.3, 0.4) is 0 Å². The molecule has 0 amide bonds. The Morgan fingerprint density at radius 1 is 1.29 bits per heavy atom. The summed E-state index contributed by atoms with van der Waals surface area (Å²) in [4.78, 5) is 0.347. The normalized spacial score (nSPS) is 30.0. The largest absolute Gasteiger partial charge is 0.271 e. The van der Waals surface area contributed by atoms with Gasteiger partial charge < -0.3 is 0 Å². The smallest absolute Gasteiger partial charge is 0.244 e. The number of sulfonamides is 1. The van der Waals surface area contributed by atoms with E-state index in [2.05, 4.69) is 9.82 Å². The molecule has 4 atom stereocenters. The summed E-state index contributed by atoms with van der Waals surface area (Å²) >= 11 is 0. The first kappa shape index (κ1) is 15.0. The van der Waals surface area contributed by atoms with Gasteiger partial charge in [-0.25, -0.2) is 13.1 Å². The Labute approximate surface area is 127 Å². The molecule has 2 fully saturated rings. The van der Waals surface area contributed by atoms with E-state index in [4.69, 9.17) is 0 Å². The van der Waals surface area contributed by atoms with Gasteiger partial charge >= 0.3 is 0 Å². The van der Waals surface area contributed by atoms with E-state index >= 15 is 0 Å². The zero-order valence-corrected chi connectivity index (χ0v) is 14.1. The summed E-state index contributed by atoms with van der Waals surface area (Å²) in [6.07, 6.45) is 5.08. The van der Waals surface area contributed by atoms with Crippen LogP contribution in [0.25, 0.3) is 0 Å². The maximum atomic E-state index is 12.7. The van der Waals surface area contributed by atoms with E-state index in [1.807, 2.05) is 6.92 Å². The molecule has 2 saturated carbocycles. The van der Waals surface area contributed by atoms with Crippen molar-refractivity contribution in [2.45, 2.75) is 57.4 Å². The minimum atomic E-state index is -3.49. The summed E-state index contributed by atoms with van der Waals surface area (Å²) in [5.41, 5.74) is 1.27. The molecule has 2 bridgehead atoms. The Hall–Kier alpha value is -0.880. The fourth-order valence-electron chi connectivity index (χ4n) is 4.44. The molecule has 0 saturated heterocycles. The van der Waals surface area contributed by atoms with Crippen LogP contribution in [0.2, 0.25) is 0 Å². The van der Waals surface area contributed by atoms with Crippen molar-refractivity contribution in [2.75, 3.05) is 0 Å². The molecule has 0 radical (unpaired) electrons. The number of aryl methyl sites for hydroxylation is 2. The highest BCUT2D eigenvalue weighted by Gasteiger charge is 2.43. The van der Waals surface area contributed by atoms with Crippen LogP contribution in [0.1, 0.15) is 44.0 Å². The molecule has 1 aromatic heterocycles. The van der Waals surface area contributed by atoms with Crippen molar-refractivity contribution in [1.82, 2.24) is 14.5 Å². The molecule has 6 heteroatoms. The third-order valence-corrected chi connectivity index (χ3v) is 7.30. The topological polar surface area (TPSA) is 64.0 Å². The van der Waals surface area contributed by atoms with E-state index in [0.717, 1.165) is 5.92 Å². The molecule has 118 valence electrons. The molecule has 0 aliphatic heterocycles. The molecular formula is C15H25N3O2S. The Bertz CT molecular complexity index is 650. The van der Waals surface area contributed by atoms with Gasteiger partial charge in [0.2, 0.25) is 10.0 Å². The highest BCUT2D eigenvalue weighted by atomic mass is 32.2. The summed E-state index contributed by atoms with van der Waals surface area (Å²) in [5.74, 6) is 2.04. The van der Waals surface area contributed by atoms with Gasteiger partial charge in [0.15, 0.2) is 0 Å². The average Bonchev–Trinajstić information content (AvgIpc) is 3.04. The Balaban J connectivity index is 1.80. The first-order valence-corrected chi connectivity index (χ1v) is 9.30. The number of hydrogen-bond donors (Lipinski definition) is 1. The van der Waals surface area contributed by atoms with Gasteiger partial charge in [0.1, 0.15) is 4.90 Å². The lowest BCUT2D eigenvalue weighted by molar-refractivity contribution is 0.280. The van der Waals surface area contributed by atoms with E-state index < -0.39 is 10.0 Å². The molecule has 1 aromatic rings. The molecule has 1 heterocycles. The molecule has 4 unspecified atom stereocenters. The van der Waals surface area contributed by atoms with Crippen molar-refractivity contribution in [3.8, 4) is 0 Å². The maximum absolute atomic E-state index is 12.7. The van der Waals surface area contributed by atoms with Crippen LogP contribution >= 0.6 is 0 Å². The van der Waals surface area contributed by atoms with E-state index in [9.17, 15) is 8.42 Å². The van der Waals surface area contributed by atoms with Gasteiger partial charge in [-0.05, 0) is 57.8 Å². The van der Waals surface area contributed by atoms with Crippen LogP contribution in [-0.2, 0) is 17.1 Å². The van der Waals surface area contributed by atoms with Crippen molar-refractivity contribution in [1.29, 1.82) is 0 Å². The number of nitrogens with one attached hydrogen (secondary N) is 1. The van der Waals surface area contributed by atoms with Crippen molar-refractivity contribution in [3.63, 3.8) is 0 Å². The highest BCUT2D eigenvalue weighted by Crippen LogP contribution is 2.49. The standard InChI is InChI=1S/C15H25N3O2S/c1-9(14-8-12-5-6-13(14)7-12)17-21(19,20)15-10(2)16-18(4)11(15)3/h9,12-14,17H,5-8H2,1-4H3. The van der Waals surface area contributed by atoms with Crippen molar-refractivity contribution < 1.29 is 8.42 Å². The lowest BCUT2D eigenvalue weighted by Crippen LogP contribution is -2.40. The van der Waals surface area contributed by atoms with Crippen LogP contribution in [0, 0.1) is 31.6 Å². The first-order chi connectivity index (χ1) is 9.79. The molecule has 0 aromatic carbocycles. The molecule has 1 N–H and O–H groups in total. The van der Waals surface area contributed by atoms with Gasteiger partial charge in [0.05, 0.1) is 11.4 Å². The maximum Gasteiger partial charge on any atom is 0.244 e. The van der Waals surface area contributed by atoms with Gasteiger partial charge in [-0.15, -0.1) is 0 Å². The van der Waals surface area contributed by atoms with Gasteiger partial charge in [0, 0.05) is 13.1 Å². The molecule has 21 heavy (non-hydrogen) atoms. The first-order valence-electron chi connectivity index (χ1n) is 7.82. The minimum absolute atomic E-state index is 0.00399. The summed E-state index contributed by atoms with van der Waals surface area (Å²) < 4.78 is 29.9. The van der Waals surface area contributed by atoms with Crippen LogP contribution < -0.4 is 4.72 Å². The molecule has 2 aliphatic rings. The van der Waals surface area contributed by atoms with Crippen molar-refractivity contribution in [3.05, 3.63) is 11.4 Å². The SMILES string of the molecule is Cc1nn(C)c(C)c1S(=O)(=O)NC(C)C1CC2CCC1C2. The lowest BCUT2D eigenvalue weighted by atomic mass is 9.84. The van der Waals surface area contributed by atoms with E-state index in [-0.39, 0.29) is 6.04 Å². The predicted octanol–water partition coefficient (Wildman–Crippen LogP) is 2.14. The monoisotopic (exact) mass is 311 g/mol. The van der Waals surface area contributed by atoms with Crippen LogP contribution in [-0.4, -0.2) is 24.2 Å². The summed E-state index contributed by atoms with van der Waals surface area (Å²) in [5, 5.41) is 4.22. The van der Waals surface area contributed by atoms with E-state index in [1.54, 1.807) is 25.6 Å². The fourth-order valence-corrected chi connectivity index (χ4v) is 6.17. The highest BCUT2D eigenvalue weighted by molar-refractivity contribution is 7.89. The van der Waals surface area contributed by atoms with Gasteiger partial charge in [-0.3, -0.25) is 4.68 Å². The Morgan fingerprint density at radius 3 is 2.48 bits per heavy atom. The second-order valence-corrected chi connectivity index (χ2v) is 8.52. The zero-order chi connectivity index (χ0) is 15.4. The van der Waals surface area contributed by atoms with E-state index in [0.29, 0.717) is 28.1 Å². The number of aromatic nitrogens is 2. The van der Waals surface area contributed by atoms with Crippen LogP contribution in [0.5, 0.6) is 0 Å². The molecule has 3 rings (SSSR count). The third-order valence-electron chi connectivity index (χ3n) is 5.49. The summed E-state index contributed by atoms with van der Waals surface area (Å²) in [7, 11) is -1.71. The van der Waals surface area contributed by atoms with E-state index in [1.165, 1.54) is 25.7 Å². The lowest BCUT2D eigenvalue weighted by Gasteiger charge is -2.28. The predicted molar refractivity (Wildman–Crippen MR) is 81.4 cm³/mol. The Morgan fingerprint density at radius 2 is 2.00 bits per heavy atom. The van der Waals surface area contributed by atoms with Gasteiger partial charge in [0.25, 0.3) is 0 Å². The third kappa shape index (κ3) is 2.52. The van der Waals surface area contributed by atoms with Gasteiger partial charge in [-0.1, -0.05) is 6.42 Å². The molecule has 5 nitrogen and oxygen atoms in total. The average molecular weight is 311 g/mol. The zero-order valence-electron chi connectivity index (χ0n) is 13.3.